The molecule has 0 radical (unpaired) electrons. The molecule has 192 valence electrons. The van der Waals surface area contributed by atoms with E-state index in [-0.39, 0.29) is 6.04 Å². The number of hydrogen-bond acceptors (Lipinski definition) is 6. The van der Waals surface area contributed by atoms with E-state index in [9.17, 15) is 12.3 Å². The highest BCUT2D eigenvalue weighted by molar-refractivity contribution is 7.86. The molecule has 4 rings (SSSR count). The van der Waals surface area contributed by atoms with E-state index in [1.165, 1.54) is 23.8 Å². The minimum absolute atomic E-state index is 0.0447. The number of benzene rings is 3. The van der Waals surface area contributed by atoms with E-state index >= 15 is 0 Å². The van der Waals surface area contributed by atoms with Crippen LogP contribution in [0.15, 0.2) is 102 Å². The molecule has 1 unspecified atom stereocenters. The van der Waals surface area contributed by atoms with Crippen molar-refractivity contribution < 1.29 is 12.3 Å². The molecular weight excluding hydrogens is 486 g/mol. The van der Waals surface area contributed by atoms with Crippen molar-refractivity contribution in [3.8, 4) is 5.97 Å². The molecule has 1 aliphatic heterocycles. The quantitative estimate of drug-likeness (QED) is 0.311. The molecule has 1 atom stereocenters. The minimum atomic E-state index is -4.76. The molecule has 1 fully saturated rings. The molecule has 3 aromatic rings. The summed E-state index contributed by atoms with van der Waals surface area (Å²) in [7, 11) is -2.65. The van der Waals surface area contributed by atoms with Crippen LogP contribution in [0.3, 0.4) is 0 Å². The lowest BCUT2D eigenvalue weighted by Gasteiger charge is -2.23. The van der Waals surface area contributed by atoms with Crippen LogP contribution >= 0.6 is 0 Å². The molecule has 1 heterocycles. The highest BCUT2D eigenvalue weighted by Crippen LogP contribution is 2.22. The van der Waals surface area contributed by atoms with Crippen molar-refractivity contribution in [3.05, 3.63) is 108 Å². The van der Waals surface area contributed by atoms with E-state index in [1.54, 1.807) is 6.07 Å². The molecule has 0 aromatic heterocycles. The molecular formula is C28H32BFN4O2S. The Hall–Kier alpha value is -3.61. The summed E-state index contributed by atoms with van der Waals surface area (Å²) < 4.78 is 35.4. The van der Waals surface area contributed by atoms with Gasteiger partial charge in [-0.25, -0.2) is 5.26 Å². The Labute approximate surface area is 220 Å². The van der Waals surface area contributed by atoms with Gasteiger partial charge in [0, 0.05) is 11.7 Å². The number of nitrogens with one attached hydrogen (secondary N) is 2. The average Bonchev–Trinajstić information content (AvgIpc) is 2.90. The first-order valence-corrected chi connectivity index (χ1v) is 13.6. The Morgan fingerprint density at radius 1 is 1.05 bits per heavy atom. The van der Waals surface area contributed by atoms with Crippen LogP contribution in [-0.4, -0.2) is 40.2 Å². The third-order valence-corrected chi connectivity index (χ3v) is 6.96. The van der Waals surface area contributed by atoms with Gasteiger partial charge in [0.1, 0.15) is 4.90 Å². The third kappa shape index (κ3) is 9.41. The fourth-order valence-electron chi connectivity index (χ4n) is 4.07. The first kappa shape index (κ1) is 28.0. The van der Waals surface area contributed by atoms with Crippen LogP contribution in [0.4, 0.5) is 9.57 Å². The number of anilines is 1. The SMILES string of the molecule is C=C(Nc1cccc(S(=O)(=O)F)c1)NC(Cc1ccccc1)c1ccccc1.CN1CCB(C#N)CC1. The molecule has 37 heavy (non-hydrogen) atoms. The van der Waals surface area contributed by atoms with Gasteiger partial charge in [0.15, 0.2) is 0 Å². The highest BCUT2D eigenvalue weighted by Gasteiger charge is 2.19. The van der Waals surface area contributed by atoms with Crippen LogP contribution in [0.2, 0.25) is 12.6 Å². The Bertz CT molecular complexity index is 1290. The first-order valence-electron chi connectivity index (χ1n) is 12.2. The normalized spacial score (nSPS) is 14.5. The predicted molar refractivity (Wildman–Crippen MR) is 148 cm³/mol. The van der Waals surface area contributed by atoms with E-state index in [4.69, 9.17) is 5.26 Å². The summed E-state index contributed by atoms with van der Waals surface area (Å²) in [4.78, 5) is 1.88. The standard InChI is InChI=1S/C22H21FN2O2S.C6H11BN2/c1-17(24-20-13-8-14-21(16-20)28(23,26)27)25-22(19-11-6-3-7-12-19)15-18-9-4-2-5-10-18;1-9-4-2-7(6-8)3-5-9/h2-14,16,22,24-25H,1,15H2;2-5H2,1H3. The second-order valence-corrected chi connectivity index (χ2v) is 10.4. The molecule has 1 aliphatic rings. The summed E-state index contributed by atoms with van der Waals surface area (Å²) in [5, 5.41) is 14.9. The maximum atomic E-state index is 13.2. The van der Waals surface area contributed by atoms with Crippen LogP contribution in [0.5, 0.6) is 0 Å². The summed E-state index contributed by atoms with van der Waals surface area (Å²) in [5.74, 6) is 2.78. The lowest BCUT2D eigenvalue weighted by molar-refractivity contribution is 0.359. The fourth-order valence-corrected chi connectivity index (χ4v) is 4.58. The molecule has 2 N–H and O–H groups in total. The number of nitriles is 1. The van der Waals surface area contributed by atoms with Gasteiger partial charge < -0.3 is 15.5 Å². The van der Waals surface area contributed by atoms with E-state index in [0.717, 1.165) is 37.7 Å². The van der Waals surface area contributed by atoms with Crippen LogP contribution < -0.4 is 10.6 Å². The van der Waals surface area contributed by atoms with Crippen molar-refractivity contribution in [2.75, 3.05) is 25.5 Å². The van der Waals surface area contributed by atoms with Crippen molar-refractivity contribution >= 4 is 22.6 Å². The van der Waals surface area contributed by atoms with Crippen molar-refractivity contribution in [1.29, 1.82) is 5.26 Å². The van der Waals surface area contributed by atoms with E-state index < -0.39 is 15.1 Å². The summed E-state index contributed by atoms with van der Waals surface area (Å²) in [6.45, 7) is 6.51. The molecule has 0 saturated carbocycles. The fraction of sp³-hybridized carbons (Fsp3) is 0.250. The van der Waals surface area contributed by atoms with Gasteiger partial charge in [-0.15, -0.1) is 3.89 Å². The predicted octanol–water partition coefficient (Wildman–Crippen LogP) is 5.29. The third-order valence-electron chi connectivity index (χ3n) is 6.14. The van der Waals surface area contributed by atoms with E-state index in [1.807, 2.05) is 48.5 Å². The van der Waals surface area contributed by atoms with Crippen LogP contribution in [0.25, 0.3) is 0 Å². The van der Waals surface area contributed by atoms with Crippen LogP contribution in [0, 0.1) is 11.2 Å². The lowest BCUT2D eigenvalue weighted by Crippen LogP contribution is -2.33. The van der Waals surface area contributed by atoms with E-state index in [0.29, 0.717) is 18.2 Å². The zero-order chi connectivity index (χ0) is 26.7. The number of halogens is 1. The summed E-state index contributed by atoms with van der Waals surface area (Å²) >= 11 is 0. The molecule has 3 aromatic carbocycles. The maximum absolute atomic E-state index is 13.2. The molecule has 9 heteroatoms. The van der Waals surface area contributed by atoms with Crippen LogP contribution in [0.1, 0.15) is 17.2 Å². The van der Waals surface area contributed by atoms with Crippen LogP contribution in [-0.2, 0) is 16.6 Å². The highest BCUT2D eigenvalue weighted by atomic mass is 32.3. The van der Waals surface area contributed by atoms with Gasteiger partial charge in [0.05, 0.1) is 11.9 Å². The number of nitrogens with zero attached hydrogens (tertiary/aromatic N) is 2. The summed E-state index contributed by atoms with van der Waals surface area (Å²) in [6.07, 6.45) is 2.87. The smallest absolute Gasteiger partial charge is 0.332 e. The van der Waals surface area contributed by atoms with Gasteiger partial charge in [-0.1, -0.05) is 73.3 Å². The Morgan fingerprint density at radius 3 is 2.27 bits per heavy atom. The van der Waals surface area contributed by atoms with Crippen molar-refractivity contribution in [1.82, 2.24) is 10.2 Å². The second kappa shape index (κ2) is 13.6. The Balaban J connectivity index is 0.000000356. The molecule has 0 amide bonds. The van der Waals surface area contributed by atoms with Gasteiger partial charge in [-0.05, 0) is 68.5 Å². The monoisotopic (exact) mass is 518 g/mol. The average molecular weight is 518 g/mol. The topological polar surface area (TPSA) is 85.2 Å². The van der Waals surface area contributed by atoms with Gasteiger partial charge in [-0.3, -0.25) is 0 Å². The van der Waals surface area contributed by atoms with Crippen molar-refractivity contribution in [2.24, 2.45) is 0 Å². The minimum Gasteiger partial charge on any atom is -0.365 e. The molecule has 0 bridgehead atoms. The maximum Gasteiger partial charge on any atom is 0.332 e. The zero-order valence-corrected chi connectivity index (χ0v) is 21.8. The van der Waals surface area contributed by atoms with E-state index in [2.05, 4.69) is 47.3 Å². The van der Waals surface area contributed by atoms with Crippen molar-refractivity contribution in [3.63, 3.8) is 0 Å². The molecule has 0 aliphatic carbocycles. The second-order valence-electron chi connectivity index (χ2n) is 9.07. The molecule has 6 nitrogen and oxygen atoms in total. The Morgan fingerprint density at radius 2 is 1.68 bits per heavy atom. The number of rotatable bonds is 8. The molecule has 1 saturated heterocycles. The zero-order valence-electron chi connectivity index (χ0n) is 21.0. The van der Waals surface area contributed by atoms with Gasteiger partial charge in [0.2, 0.25) is 0 Å². The number of hydrogen-bond donors (Lipinski definition) is 2. The van der Waals surface area contributed by atoms with Gasteiger partial charge >= 0.3 is 10.2 Å². The Kier molecular flexibility index (Phi) is 10.3. The lowest BCUT2D eigenvalue weighted by atomic mass is 9.45. The summed E-state index contributed by atoms with van der Waals surface area (Å²) in [5.41, 5.74) is 2.69. The molecule has 0 spiro atoms. The summed E-state index contributed by atoms with van der Waals surface area (Å²) in [6, 6.07) is 25.6. The van der Waals surface area contributed by atoms with Gasteiger partial charge in [0.25, 0.3) is 6.71 Å². The van der Waals surface area contributed by atoms with Crippen molar-refractivity contribution in [2.45, 2.75) is 30.0 Å². The first-order chi connectivity index (χ1) is 17.7. The van der Waals surface area contributed by atoms with Gasteiger partial charge in [-0.2, -0.15) is 8.42 Å². The largest absolute Gasteiger partial charge is 0.365 e.